The van der Waals surface area contributed by atoms with Crippen molar-refractivity contribution in [3.05, 3.63) is 71.4 Å². The molecule has 0 aliphatic carbocycles. The van der Waals surface area contributed by atoms with Gasteiger partial charge in [0.1, 0.15) is 29.4 Å². The molecule has 3 heterocycles. The molecule has 0 saturated heterocycles. The standard InChI is InChI=1S/C29H31FN4O4/c1-18(2)17-38-27-13-19(20-7-8-26(37-11-10-36-4)28-22(20)14-33(3)32-28)12-24(30)23(27)15-34-16-25-21(29(34)35)6-5-9-31-25/h5-9,12-14,18H,10-11,15-17H2,1-4H3. The predicted octanol–water partition coefficient (Wildman–Crippen LogP) is 4.99. The topological polar surface area (TPSA) is 78.7 Å². The molecule has 0 spiro atoms. The third-order valence-electron chi connectivity index (χ3n) is 6.43. The zero-order valence-corrected chi connectivity index (χ0v) is 22.0. The third-order valence-corrected chi connectivity index (χ3v) is 6.43. The van der Waals surface area contributed by atoms with Gasteiger partial charge < -0.3 is 19.1 Å². The molecule has 0 radical (unpaired) electrons. The van der Waals surface area contributed by atoms with E-state index in [1.54, 1.807) is 35.0 Å². The lowest BCUT2D eigenvalue weighted by atomic mass is 9.99. The lowest BCUT2D eigenvalue weighted by molar-refractivity contribution is 0.0763. The van der Waals surface area contributed by atoms with Crippen molar-refractivity contribution in [2.45, 2.75) is 26.9 Å². The van der Waals surface area contributed by atoms with Crippen LogP contribution in [0.5, 0.6) is 11.5 Å². The molecule has 2 aromatic heterocycles. The van der Waals surface area contributed by atoms with Crippen molar-refractivity contribution in [3.8, 4) is 22.6 Å². The van der Waals surface area contributed by atoms with Crippen LogP contribution in [0.3, 0.4) is 0 Å². The summed E-state index contributed by atoms with van der Waals surface area (Å²) in [6.45, 7) is 5.76. The molecule has 8 nitrogen and oxygen atoms in total. The summed E-state index contributed by atoms with van der Waals surface area (Å²) in [6, 6.07) is 10.6. The van der Waals surface area contributed by atoms with Crippen LogP contribution in [0.4, 0.5) is 4.39 Å². The molecule has 9 heteroatoms. The second kappa shape index (κ2) is 10.8. The SMILES string of the molecule is COCCOc1ccc(-c2cc(F)c(CN3Cc4ncccc4C3=O)c(OCC(C)C)c2)c2cn(C)nc12. The molecule has 38 heavy (non-hydrogen) atoms. The van der Waals surface area contributed by atoms with Crippen molar-refractivity contribution < 1.29 is 23.4 Å². The van der Waals surface area contributed by atoms with E-state index in [0.717, 1.165) is 10.9 Å². The fourth-order valence-electron chi connectivity index (χ4n) is 4.60. The van der Waals surface area contributed by atoms with Crippen LogP contribution in [0.1, 0.15) is 35.5 Å². The molecule has 4 aromatic rings. The first kappa shape index (κ1) is 25.7. The average molecular weight is 519 g/mol. The van der Waals surface area contributed by atoms with E-state index in [9.17, 15) is 4.79 Å². The van der Waals surface area contributed by atoms with E-state index in [1.165, 1.54) is 6.07 Å². The number of hydrogen-bond acceptors (Lipinski definition) is 6. The maximum Gasteiger partial charge on any atom is 0.256 e. The Bertz CT molecular complexity index is 1480. The monoisotopic (exact) mass is 518 g/mol. The number of nitrogens with zero attached hydrogens (tertiary/aromatic N) is 4. The fraction of sp³-hybridized carbons (Fsp3) is 0.345. The highest BCUT2D eigenvalue weighted by atomic mass is 19.1. The second-order valence-corrected chi connectivity index (χ2v) is 9.82. The summed E-state index contributed by atoms with van der Waals surface area (Å²) >= 11 is 0. The van der Waals surface area contributed by atoms with Gasteiger partial charge in [-0.15, -0.1) is 0 Å². The van der Waals surface area contributed by atoms with Crippen LogP contribution in [0.15, 0.2) is 48.8 Å². The molecular formula is C29H31FN4O4. The van der Waals surface area contributed by atoms with Crippen molar-refractivity contribution in [2.75, 3.05) is 26.9 Å². The van der Waals surface area contributed by atoms with Crippen LogP contribution < -0.4 is 9.47 Å². The largest absolute Gasteiger partial charge is 0.493 e. The van der Waals surface area contributed by atoms with E-state index in [0.29, 0.717) is 65.8 Å². The molecule has 1 aliphatic heterocycles. The Balaban J connectivity index is 1.52. The molecule has 0 N–H and O–H groups in total. The number of halogens is 1. The van der Waals surface area contributed by atoms with Gasteiger partial charge in [-0.1, -0.05) is 13.8 Å². The smallest absolute Gasteiger partial charge is 0.256 e. The Hall–Kier alpha value is -3.98. The Kier molecular flexibility index (Phi) is 7.28. The molecular weight excluding hydrogens is 487 g/mol. The van der Waals surface area contributed by atoms with Crippen LogP contribution in [0, 0.1) is 11.7 Å². The number of carbonyl (C=O) groups is 1. The number of amides is 1. The minimum absolute atomic E-state index is 0.0866. The van der Waals surface area contributed by atoms with Crippen LogP contribution in [-0.4, -0.2) is 52.5 Å². The fourth-order valence-corrected chi connectivity index (χ4v) is 4.60. The summed E-state index contributed by atoms with van der Waals surface area (Å²) < 4.78 is 34.6. The van der Waals surface area contributed by atoms with Gasteiger partial charge in [-0.3, -0.25) is 14.5 Å². The summed E-state index contributed by atoms with van der Waals surface area (Å²) in [5.41, 5.74) is 3.75. The van der Waals surface area contributed by atoms with Gasteiger partial charge >= 0.3 is 0 Å². The zero-order chi connectivity index (χ0) is 26.8. The molecule has 0 fully saturated rings. The number of aryl methyl sites for hydroxylation is 1. The number of benzene rings is 2. The molecule has 2 aromatic carbocycles. The lowest BCUT2D eigenvalue weighted by Crippen LogP contribution is -2.24. The van der Waals surface area contributed by atoms with Gasteiger partial charge in [-0.25, -0.2) is 4.39 Å². The van der Waals surface area contributed by atoms with Crippen molar-refractivity contribution in [2.24, 2.45) is 13.0 Å². The predicted molar refractivity (Wildman–Crippen MR) is 142 cm³/mol. The van der Waals surface area contributed by atoms with Gasteiger partial charge in [0, 0.05) is 37.5 Å². The van der Waals surface area contributed by atoms with E-state index < -0.39 is 5.82 Å². The van der Waals surface area contributed by atoms with Crippen molar-refractivity contribution >= 4 is 16.8 Å². The molecule has 0 atom stereocenters. The van der Waals surface area contributed by atoms with Crippen LogP contribution in [0.2, 0.25) is 0 Å². The van der Waals surface area contributed by atoms with Gasteiger partial charge in [0.2, 0.25) is 0 Å². The van der Waals surface area contributed by atoms with Crippen molar-refractivity contribution in [1.82, 2.24) is 19.7 Å². The van der Waals surface area contributed by atoms with Gasteiger partial charge in [0.25, 0.3) is 5.91 Å². The first-order chi connectivity index (χ1) is 18.4. The Morgan fingerprint density at radius 1 is 1.08 bits per heavy atom. The van der Waals surface area contributed by atoms with Crippen LogP contribution >= 0.6 is 0 Å². The molecule has 0 saturated carbocycles. The third kappa shape index (κ3) is 5.06. The zero-order valence-electron chi connectivity index (χ0n) is 22.0. The van der Waals surface area contributed by atoms with Gasteiger partial charge in [-0.05, 0) is 53.4 Å². The highest BCUT2D eigenvalue weighted by Gasteiger charge is 2.30. The molecule has 198 valence electrons. The molecule has 1 amide bonds. The number of pyridine rings is 1. The molecule has 0 unspecified atom stereocenters. The summed E-state index contributed by atoms with van der Waals surface area (Å²) in [5, 5.41) is 5.41. The number of fused-ring (bicyclic) bond motifs is 2. The van der Waals surface area contributed by atoms with Crippen LogP contribution in [-0.2, 0) is 24.9 Å². The Labute approximate surface area is 220 Å². The Morgan fingerprint density at radius 2 is 1.92 bits per heavy atom. The number of methoxy groups -OCH3 is 1. The number of hydrogen-bond donors (Lipinski definition) is 0. The number of carbonyl (C=O) groups excluding carboxylic acids is 1. The summed E-state index contributed by atoms with van der Waals surface area (Å²) in [6.07, 6.45) is 3.55. The van der Waals surface area contributed by atoms with Gasteiger partial charge in [-0.2, -0.15) is 5.10 Å². The average Bonchev–Trinajstić information content (AvgIpc) is 3.44. The number of ether oxygens (including phenoxy) is 3. The van der Waals surface area contributed by atoms with Gasteiger partial charge in [0.15, 0.2) is 0 Å². The highest BCUT2D eigenvalue weighted by molar-refractivity contribution is 5.98. The molecule has 0 bridgehead atoms. The number of aromatic nitrogens is 3. The van der Waals surface area contributed by atoms with Crippen molar-refractivity contribution in [3.63, 3.8) is 0 Å². The second-order valence-electron chi connectivity index (χ2n) is 9.82. The molecule has 1 aliphatic rings. The normalized spacial score (nSPS) is 13.0. The summed E-state index contributed by atoms with van der Waals surface area (Å²) in [4.78, 5) is 18.9. The van der Waals surface area contributed by atoms with Crippen molar-refractivity contribution in [1.29, 1.82) is 0 Å². The van der Waals surface area contributed by atoms with Gasteiger partial charge in [0.05, 0.1) is 37.6 Å². The number of rotatable bonds is 10. The minimum atomic E-state index is -0.435. The van der Waals surface area contributed by atoms with E-state index in [2.05, 4.69) is 10.1 Å². The summed E-state index contributed by atoms with van der Waals surface area (Å²) in [5.74, 6) is 0.700. The highest BCUT2D eigenvalue weighted by Crippen LogP contribution is 2.38. The quantitative estimate of drug-likeness (QED) is 0.275. The lowest BCUT2D eigenvalue weighted by Gasteiger charge is -2.21. The van der Waals surface area contributed by atoms with E-state index in [4.69, 9.17) is 14.2 Å². The maximum atomic E-state index is 15.8. The van der Waals surface area contributed by atoms with E-state index >= 15 is 4.39 Å². The van der Waals surface area contributed by atoms with E-state index in [1.807, 2.05) is 45.3 Å². The van der Waals surface area contributed by atoms with Crippen LogP contribution in [0.25, 0.3) is 22.0 Å². The Morgan fingerprint density at radius 3 is 2.68 bits per heavy atom. The van der Waals surface area contributed by atoms with E-state index in [-0.39, 0.29) is 18.4 Å². The minimum Gasteiger partial charge on any atom is -0.493 e. The summed E-state index contributed by atoms with van der Waals surface area (Å²) in [7, 11) is 3.46. The maximum absolute atomic E-state index is 15.8. The first-order valence-corrected chi connectivity index (χ1v) is 12.6. The first-order valence-electron chi connectivity index (χ1n) is 12.6. The molecule has 5 rings (SSSR count).